The van der Waals surface area contributed by atoms with Gasteiger partial charge in [0.25, 0.3) is 5.91 Å². The van der Waals surface area contributed by atoms with Gasteiger partial charge in [-0.05, 0) is 44.0 Å². The second-order valence-corrected chi connectivity index (χ2v) is 7.33. The molecule has 1 N–H and O–H groups in total. The van der Waals surface area contributed by atoms with Gasteiger partial charge in [0.1, 0.15) is 0 Å². The zero-order valence-corrected chi connectivity index (χ0v) is 16.6. The zero-order chi connectivity index (χ0) is 19.9. The van der Waals surface area contributed by atoms with Gasteiger partial charge in [-0.25, -0.2) is 4.79 Å². The van der Waals surface area contributed by atoms with E-state index in [2.05, 4.69) is 5.32 Å². The fourth-order valence-electron chi connectivity index (χ4n) is 3.66. The number of hydrogen-bond donors (Lipinski definition) is 1. The van der Waals surface area contributed by atoms with E-state index in [4.69, 9.17) is 4.74 Å². The maximum atomic E-state index is 12.7. The Morgan fingerprint density at radius 1 is 1.00 bits per heavy atom. The van der Waals surface area contributed by atoms with Gasteiger partial charge in [0.05, 0.1) is 11.3 Å². The van der Waals surface area contributed by atoms with Crippen LogP contribution in [0.4, 0.5) is 11.4 Å². The Labute approximate surface area is 166 Å². The van der Waals surface area contributed by atoms with Crippen LogP contribution in [-0.2, 0) is 9.53 Å². The lowest BCUT2D eigenvalue weighted by Gasteiger charge is -2.32. The molecule has 1 amide bonds. The molecular weight excluding hydrogens is 352 g/mol. The molecule has 2 aromatic carbocycles. The molecule has 0 aromatic heterocycles. The zero-order valence-electron chi connectivity index (χ0n) is 16.6. The third kappa shape index (κ3) is 4.91. The van der Waals surface area contributed by atoms with Gasteiger partial charge in [-0.15, -0.1) is 0 Å². The maximum absolute atomic E-state index is 12.7. The normalized spacial score (nSPS) is 15.5. The van der Waals surface area contributed by atoms with E-state index in [9.17, 15) is 9.59 Å². The highest BCUT2D eigenvalue weighted by Gasteiger charge is 2.28. The van der Waals surface area contributed by atoms with Crippen molar-refractivity contribution < 1.29 is 14.3 Å². The number of ether oxygens (including phenoxy) is 1. The minimum atomic E-state index is -0.816. The maximum Gasteiger partial charge on any atom is 0.341 e. The quantitative estimate of drug-likeness (QED) is 0.734. The van der Waals surface area contributed by atoms with Crippen LogP contribution in [0.1, 0.15) is 49.4 Å². The molecule has 1 atom stereocenters. The van der Waals surface area contributed by atoms with Gasteiger partial charge in [0.15, 0.2) is 6.10 Å². The molecule has 5 nitrogen and oxygen atoms in total. The molecule has 28 heavy (non-hydrogen) atoms. The third-order valence-corrected chi connectivity index (χ3v) is 5.30. The van der Waals surface area contributed by atoms with Crippen LogP contribution in [0.2, 0.25) is 0 Å². The van der Waals surface area contributed by atoms with Gasteiger partial charge >= 0.3 is 5.97 Å². The summed E-state index contributed by atoms with van der Waals surface area (Å²) in [5, 5.41) is 3.23. The molecule has 1 fully saturated rings. The monoisotopic (exact) mass is 380 g/mol. The molecule has 0 saturated heterocycles. The van der Waals surface area contributed by atoms with E-state index in [1.165, 1.54) is 6.42 Å². The number of amides is 1. The fraction of sp³-hybridized carbons (Fsp3) is 0.391. The minimum absolute atomic E-state index is 0.145. The van der Waals surface area contributed by atoms with E-state index in [0.29, 0.717) is 11.3 Å². The van der Waals surface area contributed by atoms with Gasteiger partial charge in [0, 0.05) is 18.8 Å². The summed E-state index contributed by atoms with van der Waals surface area (Å²) in [5.74, 6) is -0.648. The highest BCUT2D eigenvalue weighted by Crippen LogP contribution is 2.24. The predicted octanol–water partition coefficient (Wildman–Crippen LogP) is 4.77. The van der Waals surface area contributed by atoms with Gasteiger partial charge in [-0.1, -0.05) is 49.6 Å². The van der Waals surface area contributed by atoms with E-state index < -0.39 is 12.1 Å². The average Bonchev–Trinajstić information content (AvgIpc) is 2.74. The van der Waals surface area contributed by atoms with Gasteiger partial charge in [-0.3, -0.25) is 4.79 Å². The molecule has 5 heteroatoms. The number of carbonyl (C=O) groups is 2. The Morgan fingerprint density at radius 3 is 2.36 bits per heavy atom. The molecule has 148 valence electrons. The summed E-state index contributed by atoms with van der Waals surface area (Å²) >= 11 is 0. The highest BCUT2D eigenvalue weighted by atomic mass is 16.5. The third-order valence-electron chi connectivity index (χ3n) is 5.30. The Kier molecular flexibility index (Phi) is 6.69. The molecule has 0 bridgehead atoms. The molecule has 0 spiro atoms. The topological polar surface area (TPSA) is 58.6 Å². The second-order valence-electron chi connectivity index (χ2n) is 7.33. The van der Waals surface area contributed by atoms with Crippen LogP contribution in [0.3, 0.4) is 0 Å². The van der Waals surface area contributed by atoms with Gasteiger partial charge in [-0.2, -0.15) is 0 Å². The first kappa shape index (κ1) is 19.9. The van der Waals surface area contributed by atoms with E-state index >= 15 is 0 Å². The lowest BCUT2D eigenvalue weighted by molar-refractivity contribution is -0.141. The van der Waals surface area contributed by atoms with E-state index in [0.717, 1.165) is 31.4 Å². The lowest BCUT2D eigenvalue weighted by atomic mass is 9.94. The van der Waals surface area contributed by atoms with Crippen molar-refractivity contribution in [3.8, 4) is 0 Å². The number of carbonyl (C=O) groups excluding carboxylic acids is 2. The van der Waals surface area contributed by atoms with Gasteiger partial charge < -0.3 is 15.0 Å². The first-order chi connectivity index (χ1) is 13.6. The number of nitrogens with one attached hydrogen (secondary N) is 1. The van der Waals surface area contributed by atoms with Crippen molar-refractivity contribution in [1.29, 1.82) is 0 Å². The fourth-order valence-corrected chi connectivity index (χ4v) is 3.66. The van der Waals surface area contributed by atoms with Crippen molar-refractivity contribution in [3.63, 3.8) is 0 Å². The van der Waals surface area contributed by atoms with Crippen LogP contribution in [0.25, 0.3) is 0 Å². The van der Waals surface area contributed by atoms with Crippen molar-refractivity contribution in [1.82, 2.24) is 4.90 Å². The van der Waals surface area contributed by atoms with Crippen molar-refractivity contribution in [3.05, 3.63) is 60.2 Å². The first-order valence-corrected chi connectivity index (χ1v) is 9.95. The SMILES string of the molecule is C[C@H](OC(=O)c1ccccc1Nc1ccccc1)C(=O)N(C)C1CCCCC1. The summed E-state index contributed by atoms with van der Waals surface area (Å²) < 4.78 is 5.52. The predicted molar refractivity (Wildman–Crippen MR) is 111 cm³/mol. The molecular formula is C23H28N2O3. The second kappa shape index (κ2) is 9.40. The Balaban J connectivity index is 1.66. The molecule has 1 saturated carbocycles. The molecule has 0 radical (unpaired) electrons. The van der Waals surface area contributed by atoms with Crippen molar-refractivity contribution in [2.75, 3.05) is 12.4 Å². The molecule has 1 aliphatic rings. The Hall–Kier alpha value is -2.82. The van der Waals surface area contributed by atoms with Crippen LogP contribution < -0.4 is 5.32 Å². The number of hydrogen-bond acceptors (Lipinski definition) is 4. The van der Waals surface area contributed by atoms with Crippen LogP contribution >= 0.6 is 0 Å². The first-order valence-electron chi connectivity index (χ1n) is 9.95. The number of benzene rings is 2. The number of rotatable bonds is 6. The summed E-state index contributed by atoms with van der Waals surface area (Å²) in [6.07, 6.45) is 4.75. The van der Waals surface area contributed by atoms with Crippen molar-refractivity contribution >= 4 is 23.3 Å². The molecule has 3 rings (SSSR count). The number of anilines is 2. The van der Waals surface area contributed by atoms with E-state index in [1.54, 1.807) is 24.0 Å². The molecule has 2 aromatic rings. The number of esters is 1. The summed E-state index contributed by atoms with van der Waals surface area (Å²) in [6.45, 7) is 1.65. The van der Waals surface area contributed by atoms with Crippen molar-refractivity contribution in [2.45, 2.75) is 51.2 Å². The molecule has 0 aliphatic heterocycles. The summed E-state index contributed by atoms with van der Waals surface area (Å²) in [6, 6.07) is 17.0. The molecule has 0 unspecified atom stereocenters. The van der Waals surface area contributed by atoms with Gasteiger partial charge in [0.2, 0.25) is 0 Å². The number of nitrogens with zero attached hydrogens (tertiary/aromatic N) is 1. The summed E-state index contributed by atoms with van der Waals surface area (Å²) in [5.41, 5.74) is 1.94. The average molecular weight is 380 g/mol. The van der Waals surface area contributed by atoms with E-state index in [1.807, 2.05) is 49.5 Å². The Morgan fingerprint density at radius 2 is 1.64 bits per heavy atom. The summed E-state index contributed by atoms with van der Waals surface area (Å²) in [7, 11) is 1.81. The van der Waals surface area contributed by atoms with Crippen LogP contribution in [0, 0.1) is 0 Å². The smallest absolute Gasteiger partial charge is 0.341 e. The molecule has 0 heterocycles. The van der Waals surface area contributed by atoms with Crippen LogP contribution in [0.5, 0.6) is 0 Å². The number of para-hydroxylation sites is 2. The highest BCUT2D eigenvalue weighted by molar-refractivity contribution is 5.98. The Bertz CT molecular complexity index is 801. The van der Waals surface area contributed by atoms with Crippen LogP contribution in [-0.4, -0.2) is 36.0 Å². The standard InChI is InChI=1S/C23H28N2O3/c1-17(22(26)25(2)19-13-7-4-8-14-19)28-23(27)20-15-9-10-16-21(20)24-18-11-5-3-6-12-18/h3,5-6,9-12,15-17,19,24H,4,7-8,13-14H2,1-2H3/t17-/m0/s1. The minimum Gasteiger partial charge on any atom is -0.449 e. The van der Waals surface area contributed by atoms with E-state index in [-0.39, 0.29) is 11.9 Å². The lowest BCUT2D eigenvalue weighted by Crippen LogP contribution is -2.44. The van der Waals surface area contributed by atoms with Crippen molar-refractivity contribution in [2.24, 2.45) is 0 Å². The van der Waals surface area contributed by atoms with Crippen LogP contribution in [0.15, 0.2) is 54.6 Å². The number of likely N-dealkylation sites (N-methyl/N-ethyl adjacent to an activating group) is 1. The molecule has 1 aliphatic carbocycles. The summed E-state index contributed by atoms with van der Waals surface area (Å²) in [4.78, 5) is 27.2. The largest absolute Gasteiger partial charge is 0.449 e.